The van der Waals surface area contributed by atoms with Crippen molar-refractivity contribution in [2.24, 2.45) is 5.84 Å². The first-order valence-electron chi connectivity index (χ1n) is 7.08. The molecule has 21 heavy (non-hydrogen) atoms. The molecule has 0 aliphatic rings. The van der Waals surface area contributed by atoms with Gasteiger partial charge in [0.25, 0.3) is 0 Å². The molecule has 0 spiro atoms. The third-order valence-corrected chi connectivity index (χ3v) is 3.85. The Balaban J connectivity index is 2.09. The van der Waals surface area contributed by atoms with Gasteiger partial charge in [-0.15, -0.1) is 0 Å². The summed E-state index contributed by atoms with van der Waals surface area (Å²) in [5.41, 5.74) is 7.20. The van der Waals surface area contributed by atoms with Crippen molar-refractivity contribution in [3.63, 3.8) is 0 Å². The maximum absolute atomic E-state index is 5.81. The van der Waals surface area contributed by atoms with Crippen LogP contribution in [0, 0.1) is 13.8 Å². The van der Waals surface area contributed by atoms with Crippen molar-refractivity contribution in [1.29, 1.82) is 0 Å². The molecule has 106 valence electrons. The van der Waals surface area contributed by atoms with E-state index in [0.717, 1.165) is 22.5 Å². The molecule has 0 radical (unpaired) electrons. The van der Waals surface area contributed by atoms with Crippen LogP contribution in [0.25, 0.3) is 10.8 Å². The van der Waals surface area contributed by atoms with Crippen molar-refractivity contribution < 1.29 is 0 Å². The zero-order valence-corrected chi connectivity index (χ0v) is 12.3. The largest absolute Gasteiger partial charge is 0.271 e. The molecule has 3 rings (SSSR count). The molecule has 0 aliphatic carbocycles. The van der Waals surface area contributed by atoms with Crippen LogP contribution in [0.2, 0.25) is 0 Å². The Bertz CT molecular complexity index is 780. The lowest BCUT2D eigenvalue weighted by Crippen LogP contribution is -2.29. The molecule has 0 fully saturated rings. The molecule has 0 bridgehead atoms. The Morgan fingerprint density at radius 2 is 1.71 bits per heavy atom. The number of hydrazine groups is 1. The van der Waals surface area contributed by atoms with Crippen LogP contribution in [0.5, 0.6) is 0 Å². The Kier molecular flexibility index (Phi) is 3.69. The van der Waals surface area contributed by atoms with E-state index in [0.29, 0.717) is 0 Å². The van der Waals surface area contributed by atoms with Gasteiger partial charge in [-0.25, -0.2) is 5.43 Å². The molecular weight excluding hydrogens is 258 g/mol. The van der Waals surface area contributed by atoms with Gasteiger partial charge in [0.1, 0.15) is 0 Å². The van der Waals surface area contributed by atoms with E-state index in [-0.39, 0.29) is 6.04 Å². The number of pyridine rings is 1. The number of nitrogens with zero attached hydrogens (tertiary/aromatic N) is 1. The summed E-state index contributed by atoms with van der Waals surface area (Å²) in [6.07, 6.45) is 0. The summed E-state index contributed by atoms with van der Waals surface area (Å²) >= 11 is 0. The monoisotopic (exact) mass is 277 g/mol. The third kappa shape index (κ3) is 2.66. The minimum Gasteiger partial charge on any atom is -0.271 e. The molecule has 0 amide bonds. The standard InChI is InChI=1S/C18H19N3/c1-12-7-10-17(13(2)20-12)18(21-19)16-9-8-14-5-3-4-6-15(14)11-16/h3-11,18,21H,19H2,1-2H3. The molecule has 1 aromatic heterocycles. The molecule has 1 atom stereocenters. The van der Waals surface area contributed by atoms with Gasteiger partial charge in [-0.2, -0.15) is 0 Å². The Labute approximate surface area is 124 Å². The first-order chi connectivity index (χ1) is 10.2. The normalized spacial score (nSPS) is 12.5. The van der Waals surface area contributed by atoms with Gasteiger partial charge >= 0.3 is 0 Å². The average Bonchev–Trinajstić information content (AvgIpc) is 2.50. The lowest BCUT2D eigenvalue weighted by atomic mass is 9.95. The van der Waals surface area contributed by atoms with Crippen molar-refractivity contribution in [2.75, 3.05) is 0 Å². The van der Waals surface area contributed by atoms with Gasteiger partial charge in [0, 0.05) is 11.4 Å². The van der Waals surface area contributed by atoms with Gasteiger partial charge in [-0.1, -0.05) is 42.5 Å². The fraction of sp³-hybridized carbons (Fsp3) is 0.167. The molecule has 0 saturated heterocycles. The number of nitrogens with two attached hydrogens (primary N) is 1. The predicted molar refractivity (Wildman–Crippen MR) is 86.8 cm³/mol. The molecule has 3 nitrogen and oxygen atoms in total. The SMILES string of the molecule is Cc1ccc(C(NN)c2ccc3ccccc3c2)c(C)n1. The van der Waals surface area contributed by atoms with Gasteiger partial charge in [0.2, 0.25) is 0 Å². The van der Waals surface area contributed by atoms with Crippen LogP contribution in [0.4, 0.5) is 0 Å². The number of fused-ring (bicyclic) bond motifs is 1. The molecule has 2 aromatic carbocycles. The fourth-order valence-corrected chi connectivity index (χ4v) is 2.76. The second kappa shape index (κ2) is 5.64. The number of hydrogen-bond donors (Lipinski definition) is 2. The molecular formula is C18H19N3. The summed E-state index contributed by atoms with van der Waals surface area (Å²) in [6, 6.07) is 18.8. The number of aryl methyl sites for hydroxylation is 2. The van der Waals surface area contributed by atoms with Crippen LogP contribution >= 0.6 is 0 Å². The van der Waals surface area contributed by atoms with Gasteiger partial charge in [0.15, 0.2) is 0 Å². The van der Waals surface area contributed by atoms with Crippen molar-refractivity contribution >= 4 is 10.8 Å². The number of hydrogen-bond acceptors (Lipinski definition) is 3. The van der Waals surface area contributed by atoms with Gasteiger partial charge in [-0.3, -0.25) is 10.8 Å². The fourth-order valence-electron chi connectivity index (χ4n) is 2.76. The summed E-state index contributed by atoms with van der Waals surface area (Å²) < 4.78 is 0. The quantitative estimate of drug-likeness (QED) is 0.570. The zero-order valence-electron chi connectivity index (χ0n) is 12.3. The Morgan fingerprint density at radius 3 is 2.43 bits per heavy atom. The van der Waals surface area contributed by atoms with Crippen molar-refractivity contribution in [1.82, 2.24) is 10.4 Å². The van der Waals surface area contributed by atoms with Crippen molar-refractivity contribution in [3.8, 4) is 0 Å². The lowest BCUT2D eigenvalue weighted by molar-refractivity contribution is 0.630. The van der Waals surface area contributed by atoms with E-state index in [9.17, 15) is 0 Å². The van der Waals surface area contributed by atoms with Gasteiger partial charge < -0.3 is 0 Å². The van der Waals surface area contributed by atoms with Crippen LogP contribution < -0.4 is 11.3 Å². The van der Waals surface area contributed by atoms with Crippen LogP contribution in [-0.2, 0) is 0 Å². The highest BCUT2D eigenvalue weighted by Crippen LogP contribution is 2.26. The van der Waals surface area contributed by atoms with E-state index < -0.39 is 0 Å². The van der Waals surface area contributed by atoms with E-state index >= 15 is 0 Å². The molecule has 3 heteroatoms. The molecule has 1 heterocycles. The maximum atomic E-state index is 5.81. The summed E-state index contributed by atoms with van der Waals surface area (Å²) in [5.74, 6) is 5.81. The highest BCUT2D eigenvalue weighted by Gasteiger charge is 2.15. The highest BCUT2D eigenvalue weighted by atomic mass is 15.2. The topological polar surface area (TPSA) is 50.9 Å². The number of benzene rings is 2. The number of nitrogens with one attached hydrogen (secondary N) is 1. The molecule has 3 aromatic rings. The van der Waals surface area contributed by atoms with Crippen molar-refractivity contribution in [2.45, 2.75) is 19.9 Å². The second-order valence-electron chi connectivity index (χ2n) is 5.33. The smallest absolute Gasteiger partial charge is 0.0727 e. The highest BCUT2D eigenvalue weighted by molar-refractivity contribution is 5.83. The molecule has 3 N–H and O–H groups in total. The summed E-state index contributed by atoms with van der Waals surface area (Å²) in [4.78, 5) is 4.53. The van der Waals surface area contributed by atoms with Gasteiger partial charge in [0.05, 0.1) is 6.04 Å². The number of aromatic nitrogens is 1. The predicted octanol–water partition coefficient (Wildman–Crippen LogP) is 3.40. The van der Waals surface area contributed by atoms with Crippen LogP contribution in [-0.4, -0.2) is 4.98 Å². The minimum atomic E-state index is -0.0530. The molecule has 1 unspecified atom stereocenters. The first kappa shape index (κ1) is 13.7. The van der Waals surface area contributed by atoms with Gasteiger partial charge in [-0.05, 0) is 47.9 Å². The summed E-state index contributed by atoms with van der Waals surface area (Å²) in [6.45, 7) is 4.02. The number of rotatable bonds is 3. The lowest BCUT2D eigenvalue weighted by Gasteiger charge is -2.19. The second-order valence-corrected chi connectivity index (χ2v) is 5.33. The minimum absolute atomic E-state index is 0.0530. The van der Waals surface area contributed by atoms with E-state index in [4.69, 9.17) is 5.84 Å². The first-order valence-corrected chi connectivity index (χ1v) is 7.08. The van der Waals surface area contributed by atoms with Crippen molar-refractivity contribution in [3.05, 3.63) is 77.1 Å². The molecule has 0 aliphatic heterocycles. The third-order valence-electron chi connectivity index (χ3n) is 3.85. The van der Waals surface area contributed by atoms with E-state index in [1.165, 1.54) is 10.8 Å². The zero-order chi connectivity index (χ0) is 14.8. The van der Waals surface area contributed by atoms with E-state index in [2.05, 4.69) is 58.9 Å². The van der Waals surface area contributed by atoms with E-state index in [1.54, 1.807) is 0 Å². The Hall–Kier alpha value is -2.23. The van der Waals surface area contributed by atoms with Crippen LogP contribution in [0.3, 0.4) is 0 Å². The summed E-state index contributed by atoms with van der Waals surface area (Å²) in [7, 11) is 0. The summed E-state index contributed by atoms with van der Waals surface area (Å²) in [5, 5.41) is 2.45. The van der Waals surface area contributed by atoms with Crippen LogP contribution in [0.1, 0.15) is 28.6 Å². The Morgan fingerprint density at radius 1 is 0.952 bits per heavy atom. The molecule has 0 saturated carbocycles. The average molecular weight is 277 g/mol. The van der Waals surface area contributed by atoms with Crippen LogP contribution in [0.15, 0.2) is 54.6 Å². The maximum Gasteiger partial charge on any atom is 0.0727 e. The van der Waals surface area contributed by atoms with E-state index in [1.807, 2.05) is 19.9 Å².